The van der Waals surface area contributed by atoms with Gasteiger partial charge in [0.25, 0.3) is 0 Å². The van der Waals surface area contributed by atoms with Crippen LogP contribution in [0.15, 0.2) is 30.5 Å². The third-order valence-electron chi connectivity index (χ3n) is 7.26. The molecular weight excluding hydrogens is 464 g/mol. The smallest absolute Gasteiger partial charge is 0.149 e. The average Bonchev–Trinajstić information content (AvgIpc) is 2.91. The van der Waals surface area contributed by atoms with E-state index in [1.165, 1.54) is 12.3 Å². The van der Waals surface area contributed by atoms with Crippen molar-refractivity contribution < 1.29 is 18.3 Å². The molecule has 0 bridgehead atoms. The molecule has 1 aromatic heterocycles. The van der Waals surface area contributed by atoms with E-state index >= 15 is 0 Å². The van der Waals surface area contributed by atoms with Crippen molar-refractivity contribution in [3.8, 4) is 17.2 Å². The van der Waals surface area contributed by atoms with Gasteiger partial charge in [0.1, 0.15) is 17.5 Å². The van der Waals surface area contributed by atoms with Gasteiger partial charge in [-0.05, 0) is 62.3 Å². The van der Waals surface area contributed by atoms with Gasteiger partial charge < -0.3 is 25.4 Å². The molecule has 1 aromatic carbocycles. The molecule has 1 aliphatic carbocycles. The zero-order valence-electron chi connectivity index (χ0n) is 20.8. The highest BCUT2D eigenvalue weighted by Crippen LogP contribution is 2.33. The van der Waals surface area contributed by atoms with E-state index in [4.69, 9.17) is 9.47 Å². The van der Waals surface area contributed by atoms with E-state index in [-0.39, 0.29) is 11.7 Å². The number of aromatic nitrogens is 1. The van der Waals surface area contributed by atoms with Crippen LogP contribution in [0.25, 0.3) is 11.1 Å². The Morgan fingerprint density at radius 1 is 1.11 bits per heavy atom. The molecule has 0 spiro atoms. The van der Waals surface area contributed by atoms with Gasteiger partial charge in [-0.3, -0.25) is 0 Å². The number of benzene rings is 1. The molecule has 0 amide bonds. The first kappa shape index (κ1) is 26.3. The number of halogens is 2. The normalized spacial score (nSPS) is 21.5. The van der Waals surface area contributed by atoms with E-state index in [0.717, 1.165) is 32.2 Å². The average molecular weight is 500 g/mol. The minimum absolute atomic E-state index is 0.249. The molecule has 1 saturated heterocycles. The molecule has 4 rings (SSSR count). The third-order valence-corrected chi connectivity index (χ3v) is 7.26. The maximum Gasteiger partial charge on any atom is 0.149 e. The molecule has 2 heterocycles. The molecule has 1 aliphatic heterocycles. The van der Waals surface area contributed by atoms with E-state index in [1.54, 1.807) is 25.3 Å². The third kappa shape index (κ3) is 6.69. The number of ether oxygens (including phenoxy) is 2. The van der Waals surface area contributed by atoms with E-state index in [2.05, 4.69) is 27.0 Å². The second-order valence-corrected chi connectivity index (χ2v) is 9.74. The van der Waals surface area contributed by atoms with Crippen molar-refractivity contribution in [2.24, 2.45) is 5.41 Å². The summed E-state index contributed by atoms with van der Waals surface area (Å²) < 4.78 is 39.8. The lowest BCUT2D eigenvalue weighted by Gasteiger charge is -2.31. The lowest BCUT2D eigenvalue weighted by molar-refractivity contribution is 0.0456. The van der Waals surface area contributed by atoms with E-state index in [1.807, 2.05) is 0 Å². The van der Waals surface area contributed by atoms with Gasteiger partial charge in [0.2, 0.25) is 0 Å². The van der Waals surface area contributed by atoms with Crippen LogP contribution >= 0.6 is 0 Å². The largest absolute Gasteiger partial charge is 0.383 e. The monoisotopic (exact) mass is 499 g/mol. The van der Waals surface area contributed by atoms with Gasteiger partial charge >= 0.3 is 0 Å². The molecule has 1 saturated carbocycles. The highest BCUT2D eigenvalue weighted by atomic mass is 19.1. The first-order chi connectivity index (χ1) is 17.5. The Kier molecular flexibility index (Phi) is 9.08. The molecular formula is C27H35F2N5O2. The van der Waals surface area contributed by atoms with Crippen LogP contribution in [0.4, 0.5) is 20.3 Å². The standard InChI is InChI=1S/C27H35F2N5O2/c1-35-13-10-31-20-3-5-21(6-4-20)34-26-15-22(24(29)16-32-26)19-2-7-23(28)25(14-19)33-18-27(17-30)8-11-36-12-9-27/h2,7,14-16,20-21,31,33H,3-6,8-13,18H2,1H3,(H,32,34). The summed E-state index contributed by atoms with van der Waals surface area (Å²) in [7, 11) is 1.70. The Hall–Kier alpha value is -2.80. The number of anilines is 2. The van der Waals surface area contributed by atoms with Gasteiger partial charge in [0.05, 0.1) is 30.0 Å². The fourth-order valence-corrected chi connectivity index (χ4v) is 4.94. The molecule has 3 N–H and O–H groups in total. The van der Waals surface area contributed by atoms with E-state index < -0.39 is 17.0 Å². The molecule has 0 radical (unpaired) electrons. The van der Waals surface area contributed by atoms with Crippen molar-refractivity contribution in [3.05, 3.63) is 42.1 Å². The molecule has 2 aromatic rings. The summed E-state index contributed by atoms with van der Waals surface area (Å²) in [6.45, 7) is 2.89. The SMILES string of the molecule is COCCNC1CCC(Nc2cc(-c3ccc(F)c(NCC4(C#N)CCOCC4)c3)c(F)cn2)CC1. The predicted octanol–water partition coefficient (Wildman–Crippen LogP) is 4.72. The second kappa shape index (κ2) is 12.4. The number of rotatable bonds is 10. The topological polar surface area (TPSA) is 91.2 Å². The highest BCUT2D eigenvalue weighted by molar-refractivity contribution is 5.71. The molecule has 7 nitrogen and oxygen atoms in total. The van der Waals surface area contributed by atoms with Crippen LogP contribution < -0.4 is 16.0 Å². The summed E-state index contributed by atoms with van der Waals surface area (Å²) in [4.78, 5) is 4.24. The number of methoxy groups -OCH3 is 1. The Morgan fingerprint density at radius 2 is 1.86 bits per heavy atom. The molecule has 194 valence electrons. The summed E-state index contributed by atoms with van der Waals surface area (Å²) in [5, 5.41) is 19.7. The molecule has 0 unspecified atom stereocenters. The summed E-state index contributed by atoms with van der Waals surface area (Å²) >= 11 is 0. The van der Waals surface area contributed by atoms with Crippen molar-refractivity contribution >= 4 is 11.5 Å². The summed E-state index contributed by atoms with van der Waals surface area (Å²) in [6.07, 6.45) is 6.49. The van der Waals surface area contributed by atoms with Crippen LogP contribution in [0.2, 0.25) is 0 Å². The van der Waals surface area contributed by atoms with Crippen LogP contribution in [-0.2, 0) is 9.47 Å². The maximum atomic E-state index is 14.8. The first-order valence-corrected chi connectivity index (χ1v) is 12.7. The number of nitrogens with one attached hydrogen (secondary N) is 3. The zero-order chi connectivity index (χ0) is 25.4. The van der Waals surface area contributed by atoms with Crippen LogP contribution in [0.5, 0.6) is 0 Å². The molecule has 9 heteroatoms. The fraction of sp³-hybridized carbons (Fsp3) is 0.556. The minimum atomic E-state index is -0.599. The molecule has 2 fully saturated rings. The van der Waals surface area contributed by atoms with Gasteiger partial charge in [-0.1, -0.05) is 6.07 Å². The quantitative estimate of drug-likeness (QED) is 0.408. The Morgan fingerprint density at radius 3 is 2.58 bits per heavy atom. The molecule has 0 atom stereocenters. The van der Waals surface area contributed by atoms with Gasteiger partial charge in [0.15, 0.2) is 0 Å². The number of hydrogen-bond acceptors (Lipinski definition) is 7. The summed E-state index contributed by atoms with van der Waals surface area (Å²) in [5.74, 6) is -0.309. The Bertz CT molecular complexity index is 1050. The number of nitrogens with zero attached hydrogens (tertiary/aromatic N) is 2. The number of nitriles is 1. The van der Waals surface area contributed by atoms with Crippen molar-refractivity contribution in [2.75, 3.05) is 50.7 Å². The predicted molar refractivity (Wildman–Crippen MR) is 136 cm³/mol. The number of hydrogen-bond donors (Lipinski definition) is 3. The van der Waals surface area contributed by atoms with Gasteiger partial charge in [0, 0.05) is 51.1 Å². The van der Waals surface area contributed by atoms with Gasteiger partial charge in [-0.25, -0.2) is 13.8 Å². The van der Waals surface area contributed by atoms with Crippen molar-refractivity contribution in [1.82, 2.24) is 10.3 Å². The van der Waals surface area contributed by atoms with Crippen LogP contribution in [0.1, 0.15) is 38.5 Å². The van der Waals surface area contributed by atoms with Gasteiger partial charge in [-0.2, -0.15) is 5.26 Å². The zero-order valence-corrected chi connectivity index (χ0v) is 20.8. The summed E-state index contributed by atoms with van der Waals surface area (Å²) in [6, 6.07) is 9.30. The van der Waals surface area contributed by atoms with Crippen molar-refractivity contribution in [2.45, 2.75) is 50.6 Å². The minimum Gasteiger partial charge on any atom is -0.383 e. The lowest BCUT2D eigenvalue weighted by atomic mass is 9.81. The van der Waals surface area contributed by atoms with E-state index in [0.29, 0.717) is 62.2 Å². The highest BCUT2D eigenvalue weighted by Gasteiger charge is 2.32. The van der Waals surface area contributed by atoms with E-state index in [9.17, 15) is 14.0 Å². The van der Waals surface area contributed by atoms with Crippen LogP contribution in [0, 0.1) is 28.4 Å². The Balaban J connectivity index is 1.41. The van der Waals surface area contributed by atoms with Gasteiger partial charge in [-0.15, -0.1) is 0 Å². The van der Waals surface area contributed by atoms with Crippen LogP contribution in [-0.4, -0.2) is 57.1 Å². The van der Waals surface area contributed by atoms with Crippen LogP contribution in [0.3, 0.4) is 0 Å². The fourth-order valence-electron chi connectivity index (χ4n) is 4.94. The number of pyridine rings is 1. The Labute approximate surface area is 211 Å². The molecule has 2 aliphatic rings. The first-order valence-electron chi connectivity index (χ1n) is 12.7. The maximum absolute atomic E-state index is 14.8. The lowest BCUT2D eigenvalue weighted by Crippen LogP contribution is -2.38. The molecule has 36 heavy (non-hydrogen) atoms. The van der Waals surface area contributed by atoms with Crippen molar-refractivity contribution in [1.29, 1.82) is 5.26 Å². The van der Waals surface area contributed by atoms with Crippen molar-refractivity contribution in [3.63, 3.8) is 0 Å². The summed E-state index contributed by atoms with van der Waals surface area (Å²) in [5.41, 5.74) is 0.550. The second-order valence-electron chi connectivity index (χ2n) is 9.74.